The topological polar surface area (TPSA) is 29.3 Å². The molecule has 2 heteroatoms. The maximum Gasteiger partial charge on any atom is 0.0481 e. The van der Waals surface area contributed by atoms with Crippen LogP contribution in [0.15, 0.2) is 24.3 Å². The van der Waals surface area contributed by atoms with Crippen molar-refractivity contribution in [1.29, 1.82) is 0 Å². The summed E-state index contributed by atoms with van der Waals surface area (Å²) in [6.07, 6.45) is 7.41. The molecule has 106 valence electrons. The molecule has 0 heterocycles. The lowest BCUT2D eigenvalue weighted by Crippen LogP contribution is -2.50. The molecule has 0 saturated heterocycles. The van der Waals surface area contributed by atoms with Gasteiger partial charge in [0.25, 0.3) is 0 Å². The SMILES string of the molecule is CCCc1ccc(C(N)C2(N(C)C)CCCC2)cc1. The van der Waals surface area contributed by atoms with Crippen LogP contribution in [0.2, 0.25) is 0 Å². The van der Waals surface area contributed by atoms with E-state index in [0.29, 0.717) is 0 Å². The summed E-state index contributed by atoms with van der Waals surface area (Å²) in [5, 5.41) is 0. The molecule has 1 fully saturated rings. The second kappa shape index (κ2) is 6.06. The Hall–Kier alpha value is -0.860. The Morgan fingerprint density at radius 3 is 2.21 bits per heavy atom. The van der Waals surface area contributed by atoms with Crippen LogP contribution in [-0.2, 0) is 6.42 Å². The molecule has 1 saturated carbocycles. The third-order valence-corrected chi connectivity index (χ3v) is 4.82. The Morgan fingerprint density at radius 1 is 1.16 bits per heavy atom. The summed E-state index contributed by atoms with van der Waals surface area (Å²) in [4.78, 5) is 2.35. The molecule has 1 unspecified atom stereocenters. The van der Waals surface area contributed by atoms with Gasteiger partial charge in [-0.25, -0.2) is 0 Å². The van der Waals surface area contributed by atoms with E-state index in [2.05, 4.69) is 50.2 Å². The van der Waals surface area contributed by atoms with Crippen LogP contribution in [0.5, 0.6) is 0 Å². The van der Waals surface area contributed by atoms with Crippen molar-refractivity contribution in [3.05, 3.63) is 35.4 Å². The summed E-state index contributed by atoms with van der Waals surface area (Å²) in [7, 11) is 4.35. The minimum atomic E-state index is 0.126. The highest BCUT2D eigenvalue weighted by Crippen LogP contribution is 2.42. The average Bonchev–Trinajstić information content (AvgIpc) is 2.90. The fourth-order valence-corrected chi connectivity index (χ4v) is 3.51. The van der Waals surface area contributed by atoms with Crippen LogP contribution in [-0.4, -0.2) is 24.5 Å². The summed E-state index contributed by atoms with van der Waals surface area (Å²) < 4.78 is 0. The third kappa shape index (κ3) is 2.85. The largest absolute Gasteiger partial charge is 0.322 e. The minimum Gasteiger partial charge on any atom is -0.322 e. The molecule has 1 aromatic rings. The molecule has 1 aromatic carbocycles. The smallest absolute Gasteiger partial charge is 0.0481 e. The van der Waals surface area contributed by atoms with E-state index in [4.69, 9.17) is 5.73 Å². The molecule has 1 atom stereocenters. The molecule has 1 aliphatic rings. The number of rotatable bonds is 5. The molecule has 19 heavy (non-hydrogen) atoms. The maximum absolute atomic E-state index is 6.62. The van der Waals surface area contributed by atoms with Crippen LogP contribution in [0.3, 0.4) is 0 Å². The van der Waals surface area contributed by atoms with Gasteiger partial charge in [0, 0.05) is 11.6 Å². The second-order valence-electron chi connectivity index (χ2n) is 6.17. The van der Waals surface area contributed by atoms with E-state index in [-0.39, 0.29) is 11.6 Å². The Bertz CT molecular complexity index is 388. The van der Waals surface area contributed by atoms with Gasteiger partial charge in [0.2, 0.25) is 0 Å². The van der Waals surface area contributed by atoms with Crippen LogP contribution in [0.1, 0.15) is 56.2 Å². The van der Waals surface area contributed by atoms with Gasteiger partial charge in [0.1, 0.15) is 0 Å². The number of nitrogens with zero attached hydrogens (tertiary/aromatic N) is 1. The first-order valence-electron chi connectivity index (χ1n) is 7.62. The van der Waals surface area contributed by atoms with Gasteiger partial charge in [-0.1, -0.05) is 50.5 Å². The van der Waals surface area contributed by atoms with Crippen molar-refractivity contribution in [2.45, 2.75) is 57.0 Å². The van der Waals surface area contributed by atoms with E-state index >= 15 is 0 Å². The lowest BCUT2D eigenvalue weighted by atomic mass is 9.83. The predicted molar refractivity (Wildman–Crippen MR) is 82.3 cm³/mol. The monoisotopic (exact) mass is 260 g/mol. The van der Waals surface area contributed by atoms with Crippen LogP contribution < -0.4 is 5.73 Å². The van der Waals surface area contributed by atoms with Gasteiger partial charge in [-0.2, -0.15) is 0 Å². The summed E-state index contributed by atoms with van der Waals surface area (Å²) in [5.74, 6) is 0. The average molecular weight is 260 g/mol. The van der Waals surface area contributed by atoms with Gasteiger partial charge < -0.3 is 10.6 Å². The van der Waals surface area contributed by atoms with E-state index < -0.39 is 0 Å². The van der Waals surface area contributed by atoms with Gasteiger partial charge in [0.05, 0.1) is 0 Å². The van der Waals surface area contributed by atoms with Crippen molar-refractivity contribution in [2.75, 3.05) is 14.1 Å². The van der Waals surface area contributed by atoms with Crippen molar-refractivity contribution in [2.24, 2.45) is 5.73 Å². The highest BCUT2D eigenvalue weighted by molar-refractivity contribution is 5.28. The zero-order chi connectivity index (χ0) is 13.9. The highest BCUT2D eigenvalue weighted by Gasteiger charge is 2.41. The van der Waals surface area contributed by atoms with Gasteiger partial charge in [-0.05, 0) is 44.5 Å². The third-order valence-electron chi connectivity index (χ3n) is 4.82. The minimum absolute atomic E-state index is 0.126. The van der Waals surface area contributed by atoms with E-state index in [1.807, 2.05) is 0 Å². The molecule has 0 amide bonds. The number of benzene rings is 1. The maximum atomic E-state index is 6.62. The summed E-state index contributed by atoms with van der Waals surface area (Å²) in [6.45, 7) is 2.22. The predicted octanol–water partition coefficient (Wildman–Crippen LogP) is 3.51. The van der Waals surface area contributed by atoms with Crippen LogP contribution in [0.4, 0.5) is 0 Å². The molecule has 0 aliphatic heterocycles. The fourth-order valence-electron chi connectivity index (χ4n) is 3.51. The first kappa shape index (κ1) is 14.5. The standard InChI is InChI=1S/C17H28N2/c1-4-7-14-8-10-15(11-9-14)16(18)17(19(2)3)12-5-6-13-17/h8-11,16H,4-7,12-13,18H2,1-3H3. The quantitative estimate of drug-likeness (QED) is 0.878. The molecule has 1 aliphatic carbocycles. The molecule has 2 nitrogen and oxygen atoms in total. The second-order valence-corrected chi connectivity index (χ2v) is 6.17. The normalized spacial score (nSPS) is 19.8. The number of hydrogen-bond acceptors (Lipinski definition) is 2. The van der Waals surface area contributed by atoms with Gasteiger partial charge in [-0.15, -0.1) is 0 Å². The molecule has 0 aromatic heterocycles. The number of aryl methyl sites for hydroxylation is 1. The Morgan fingerprint density at radius 2 is 1.74 bits per heavy atom. The van der Waals surface area contributed by atoms with E-state index in [1.54, 1.807) is 0 Å². The molecule has 0 spiro atoms. The molecular formula is C17H28N2. The highest BCUT2D eigenvalue weighted by atomic mass is 15.2. The van der Waals surface area contributed by atoms with E-state index in [9.17, 15) is 0 Å². The molecular weight excluding hydrogens is 232 g/mol. The first-order valence-corrected chi connectivity index (χ1v) is 7.62. The zero-order valence-corrected chi connectivity index (χ0v) is 12.7. The number of likely N-dealkylation sites (N-methyl/N-ethyl adjacent to an activating group) is 1. The summed E-state index contributed by atoms with van der Waals surface area (Å²) in [6, 6.07) is 9.09. The summed E-state index contributed by atoms with van der Waals surface area (Å²) >= 11 is 0. The van der Waals surface area contributed by atoms with Crippen molar-refractivity contribution >= 4 is 0 Å². The van der Waals surface area contributed by atoms with Gasteiger partial charge in [-0.3, -0.25) is 0 Å². The number of hydrogen-bond donors (Lipinski definition) is 1. The number of nitrogens with two attached hydrogens (primary N) is 1. The van der Waals surface area contributed by atoms with Gasteiger partial charge >= 0.3 is 0 Å². The molecule has 2 rings (SSSR count). The molecule has 2 N–H and O–H groups in total. The lowest BCUT2D eigenvalue weighted by Gasteiger charge is -2.41. The van der Waals surface area contributed by atoms with Crippen molar-refractivity contribution < 1.29 is 0 Å². The van der Waals surface area contributed by atoms with Crippen LogP contribution in [0, 0.1) is 0 Å². The van der Waals surface area contributed by atoms with Crippen molar-refractivity contribution in [3.63, 3.8) is 0 Å². The Kier molecular flexibility index (Phi) is 4.64. The van der Waals surface area contributed by atoms with Crippen molar-refractivity contribution in [3.8, 4) is 0 Å². The Balaban J connectivity index is 2.19. The first-order chi connectivity index (χ1) is 9.10. The summed E-state index contributed by atoms with van der Waals surface area (Å²) in [5.41, 5.74) is 9.49. The lowest BCUT2D eigenvalue weighted by molar-refractivity contribution is 0.123. The zero-order valence-electron chi connectivity index (χ0n) is 12.7. The fraction of sp³-hybridized carbons (Fsp3) is 0.647. The van der Waals surface area contributed by atoms with E-state index in [1.165, 1.54) is 43.2 Å². The van der Waals surface area contributed by atoms with E-state index in [0.717, 1.165) is 6.42 Å². The Labute approximate surface area is 118 Å². The molecule has 0 radical (unpaired) electrons. The van der Waals surface area contributed by atoms with Crippen molar-refractivity contribution in [1.82, 2.24) is 4.90 Å². The molecule has 0 bridgehead atoms. The van der Waals surface area contributed by atoms with Gasteiger partial charge in [0.15, 0.2) is 0 Å². The van der Waals surface area contributed by atoms with Crippen LogP contribution in [0.25, 0.3) is 0 Å². The van der Waals surface area contributed by atoms with Crippen LogP contribution >= 0.6 is 0 Å².